The van der Waals surface area contributed by atoms with Gasteiger partial charge in [-0.2, -0.15) is 9.65 Å². The van der Waals surface area contributed by atoms with E-state index in [9.17, 15) is 4.39 Å². The molecule has 2 fully saturated rings. The van der Waals surface area contributed by atoms with Crippen molar-refractivity contribution < 1.29 is 4.39 Å². The van der Waals surface area contributed by atoms with Crippen molar-refractivity contribution in [3.05, 3.63) is 47.3 Å². The third-order valence-corrected chi connectivity index (χ3v) is 6.29. The fourth-order valence-corrected chi connectivity index (χ4v) is 4.79. The average Bonchev–Trinajstić information content (AvgIpc) is 2.63. The molecule has 0 spiro atoms. The number of aryl methyl sites for hydroxylation is 1. The average molecular weight is 325 g/mol. The van der Waals surface area contributed by atoms with E-state index < -0.39 is 5.83 Å². The molecule has 24 heavy (non-hydrogen) atoms. The van der Waals surface area contributed by atoms with Crippen LogP contribution < -0.4 is 0 Å². The quantitative estimate of drug-likeness (QED) is 0.586. The van der Waals surface area contributed by atoms with E-state index in [1.807, 2.05) is 0 Å². The molecule has 0 aromatic heterocycles. The fraction of sp³-hybridized carbons (Fsp3) is 0.591. The van der Waals surface area contributed by atoms with Gasteiger partial charge in [0.2, 0.25) is 0 Å². The molecule has 0 saturated heterocycles. The van der Waals surface area contributed by atoms with Gasteiger partial charge in [-0.15, -0.1) is 0 Å². The summed E-state index contributed by atoms with van der Waals surface area (Å²) >= 11 is 0. The number of allylic oxidation sites excluding steroid dienone is 2. The Bertz CT molecular complexity index is 594. The van der Waals surface area contributed by atoms with Crippen LogP contribution in [0.5, 0.6) is 0 Å². The van der Waals surface area contributed by atoms with E-state index in [0.29, 0.717) is 0 Å². The number of nitriles is 1. The summed E-state index contributed by atoms with van der Waals surface area (Å²) in [4.78, 5) is 0. The molecule has 0 unspecified atom stereocenters. The first-order valence-corrected chi connectivity index (χ1v) is 9.49. The standard InChI is InChI=1S/C22H28FN/c1-16-2-6-18(7-3-16)20-10-12-21(13-11-20)19-8-4-17(5-9-19)14-22(23)15-24/h2-3,6-7,14,17,19-21H,4-5,8-13H2,1H3/b22-14-. The van der Waals surface area contributed by atoms with E-state index in [0.717, 1.165) is 30.6 Å². The molecular formula is C22H28FN. The highest BCUT2D eigenvalue weighted by molar-refractivity contribution is 5.24. The predicted molar refractivity (Wildman–Crippen MR) is 96.1 cm³/mol. The Morgan fingerprint density at radius 1 is 0.958 bits per heavy atom. The van der Waals surface area contributed by atoms with E-state index in [4.69, 9.17) is 5.26 Å². The molecule has 0 N–H and O–H groups in total. The Morgan fingerprint density at radius 2 is 1.50 bits per heavy atom. The predicted octanol–water partition coefficient (Wildman–Crippen LogP) is 6.45. The van der Waals surface area contributed by atoms with Gasteiger partial charge in [0.15, 0.2) is 5.83 Å². The molecule has 0 aliphatic heterocycles. The van der Waals surface area contributed by atoms with Crippen molar-refractivity contribution in [3.8, 4) is 6.07 Å². The monoisotopic (exact) mass is 325 g/mol. The van der Waals surface area contributed by atoms with Crippen molar-refractivity contribution >= 4 is 0 Å². The third kappa shape index (κ3) is 4.26. The lowest BCUT2D eigenvalue weighted by atomic mass is 9.68. The highest BCUT2D eigenvalue weighted by Crippen LogP contribution is 2.44. The summed E-state index contributed by atoms with van der Waals surface area (Å²) in [6, 6.07) is 10.7. The van der Waals surface area contributed by atoms with Crippen LogP contribution in [0.15, 0.2) is 36.2 Å². The topological polar surface area (TPSA) is 23.8 Å². The van der Waals surface area contributed by atoms with E-state index in [2.05, 4.69) is 31.2 Å². The first kappa shape index (κ1) is 17.2. The molecule has 1 nitrogen and oxygen atoms in total. The second kappa shape index (κ2) is 7.97. The first-order chi connectivity index (χ1) is 11.7. The maximum Gasteiger partial charge on any atom is 0.196 e. The van der Waals surface area contributed by atoms with Gasteiger partial charge >= 0.3 is 0 Å². The molecular weight excluding hydrogens is 297 g/mol. The summed E-state index contributed by atoms with van der Waals surface area (Å²) in [7, 11) is 0. The van der Waals surface area contributed by atoms with Crippen molar-refractivity contribution in [1.29, 1.82) is 5.26 Å². The van der Waals surface area contributed by atoms with Crippen LogP contribution in [-0.2, 0) is 0 Å². The van der Waals surface area contributed by atoms with Gasteiger partial charge in [-0.25, -0.2) is 0 Å². The van der Waals surface area contributed by atoms with Crippen LogP contribution in [0, 0.1) is 36.0 Å². The summed E-state index contributed by atoms with van der Waals surface area (Å²) in [6.07, 6.45) is 11.4. The summed E-state index contributed by atoms with van der Waals surface area (Å²) in [5.41, 5.74) is 2.85. The number of benzene rings is 1. The summed E-state index contributed by atoms with van der Waals surface area (Å²) in [5, 5.41) is 8.56. The Labute approximate surface area is 145 Å². The fourth-order valence-electron chi connectivity index (χ4n) is 4.79. The first-order valence-electron chi connectivity index (χ1n) is 9.49. The van der Waals surface area contributed by atoms with Crippen LogP contribution in [0.4, 0.5) is 4.39 Å². The van der Waals surface area contributed by atoms with E-state index >= 15 is 0 Å². The van der Waals surface area contributed by atoms with Crippen molar-refractivity contribution in [1.82, 2.24) is 0 Å². The van der Waals surface area contributed by atoms with Gasteiger partial charge in [0.1, 0.15) is 6.07 Å². The Morgan fingerprint density at radius 3 is 2.04 bits per heavy atom. The molecule has 0 bridgehead atoms. The molecule has 2 aliphatic carbocycles. The van der Waals surface area contributed by atoms with E-state index in [1.165, 1.54) is 49.7 Å². The molecule has 0 amide bonds. The van der Waals surface area contributed by atoms with Gasteiger partial charge < -0.3 is 0 Å². The Kier molecular flexibility index (Phi) is 5.72. The second-order valence-corrected chi connectivity index (χ2v) is 7.82. The van der Waals surface area contributed by atoms with Crippen LogP contribution in [0.1, 0.15) is 68.4 Å². The van der Waals surface area contributed by atoms with Crippen molar-refractivity contribution in [2.75, 3.05) is 0 Å². The van der Waals surface area contributed by atoms with Gasteiger partial charge in [0.05, 0.1) is 0 Å². The lowest BCUT2D eigenvalue weighted by Crippen LogP contribution is -2.25. The van der Waals surface area contributed by atoms with Crippen molar-refractivity contribution in [2.45, 2.75) is 64.2 Å². The van der Waals surface area contributed by atoms with Crippen LogP contribution in [0.25, 0.3) is 0 Å². The van der Waals surface area contributed by atoms with E-state index in [-0.39, 0.29) is 5.92 Å². The smallest absolute Gasteiger partial charge is 0.195 e. The minimum Gasteiger partial charge on any atom is -0.195 e. The number of rotatable bonds is 3. The number of halogens is 1. The maximum absolute atomic E-state index is 13.1. The van der Waals surface area contributed by atoms with Crippen LogP contribution in [0.2, 0.25) is 0 Å². The molecule has 1 aromatic carbocycles. The number of hydrogen-bond donors (Lipinski definition) is 0. The lowest BCUT2D eigenvalue weighted by Gasteiger charge is -2.37. The number of hydrogen-bond acceptors (Lipinski definition) is 1. The largest absolute Gasteiger partial charge is 0.196 e. The zero-order valence-electron chi connectivity index (χ0n) is 14.7. The van der Waals surface area contributed by atoms with Crippen LogP contribution >= 0.6 is 0 Å². The minimum absolute atomic E-state index is 0.282. The molecule has 128 valence electrons. The number of nitrogens with zero attached hydrogens (tertiary/aromatic N) is 1. The van der Waals surface area contributed by atoms with Gasteiger partial charge in [-0.1, -0.05) is 29.8 Å². The third-order valence-electron chi connectivity index (χ3n) is 6.29. The maximum atomic E-state index is 13.1. The minimum atomic E-state index is -0.600. The normalized spacial score (nSPS) is 31.5. The zero-order valence-corrected chi connectivity index (χ0v) is 14.7. The molecule has 0 atom stereocenters. The van der Waals surface area contributed by atoms with E-state index in [1.54, 1.807) is 12.1 Å². The SMILES string of the molecule is Cc1ccc(C2CCC(C3CCC(/C=C(\F)C#N)CC3)CC2)cc1. The molecule has 2 aliphatic rings. The molecule has 1 aromatic rings. The second-order valence-electron chi connectivity index (χ2n) is 7.82. The lowest BCUT2D eigenvalue weighted by molar-refractivity contribution is 0.171. The van der Waals surface area contributed by atoms with Gasteiger partial charge in [-0.05, 0) is 93.6 Å². The molecule has 0 radical (unpaired) electrons. The van der Waals surface area contributed by atoms with Gasteiger partial charge in [0, 0.05) is 0 Å². The molecule has 3 rings (SSSR count). The van der Waals surface area contributed by atoms with Crippen LogP contribution in [0.3, 0.4) is 0 Å². The van der Waals surface area contributed by atoms with Crippen molar-refractivity contribution in [2.24, 2.45) is 17.8 Å². The molecule has 2 heteroatoms. The van der Waals surface area contributed by atoms with Gasteiger partial charge in [0.25, 0.3) is 0 Å². The summed E-state index contributed by atoms with van der Waals surface area (Å²) < 4.78 is 13.1. The highest BCUT2D eigenvalue weighted by Gasteiger charge is 2.30. The highest BCUT2D eigenvalue weighted by atomic mass is 19.1. The summed E-state index contributed by atoms with van der Waals surface area (Å²) in [6.45, 7) is 2.15. The zero-order chi connectivity index (χ0) is 16.9. The Hall–Kier alpha value is -1.62. The Balaban J connectivity index is 1.48. The molecule has 0 heterocycles. The molecule has 2 saturated carbocycles. The summed E-state index contributed by atoms with van der Waals surface area (Å²) in [5.74, 6) is 2.10. The van der Waals surface area contributed by atoms with Gasteiger partial charge in [-0.3, -0.25) is 0 Å². The van der Waals surface area contributed by atoms with Crippen molar-refractivity contribution in [3.63, 3.8) is 0 Å². The van der Waals surface area contributed by atoms with Crippen LogP contribution in [-0.4, -0.2) is 0 Å².